The van der Waals surface area contributed by atoms with Crippen LogP contribution in [0.3, 0.4) is 0 Å². The van der Waals surface area contributed by atoms with Crippen LogP contribution in [-0.2, 0) is 9.53 Å². The molecule has 2 atom stereocenters. The second kappa shape index (κ2) is 10.6. The number of amides is 1. The Morgan fingerprint density at radius 3 is 2.46 bits per heavy atom. The Morgan fingerprint density at radius 1 is 1.17 bits per heavy atom. The number of hydrogen-bond acceptors (Lipinski definition) is 6. The van der Waals surface area contributed by atoms with E-state index in [2.05, 4.69) is 16.4 Å². The molecule has 3 rings (SSSR count). The zero-order valence-corrected chi connectivity index (χ0v) is 21.3. The van der Waals surface area contributed by atoms with Crippen molar-refractivity contribution in [2.75, 3.05) is 18.5 Å². The highest BCUT2D eigenvalue weighted by molar-refractivity contribution is 5.83. The third-order valence-corrected chi connectivity index (χ3v) is 5.99. The Hall–Kier alpha value is -3.13. The Balaban J connectivity index is 1.85. The smallest absolute Gasteiger partial charge is 0.410 e. The number of benzene rings is 1. The van der Waals surface area contributed by atoms with E-state index in [4.69, 9.17) is 20.3 Å². The molecular formula is C27H37N3O5. The molecule has 4 N–H and O–H groups in total. The number of carbonyl (C=O) groups excluding carboxylic acids is 1. The van der Waals surface area contributed by atoms with Crippen LogP contribution in [0.2, 0.25) is 0 Å². The topological polar surface area (TPSA) is 124 Å². The van der Waals surface area contributed by atoms with Crippen molar-refractivity contribution in [1.82, 2.24) is 4.98 Å². The van der Waals surface area contributed by atoms with Crippen LogP contribution in [0.5, 0.6) is 5.75 Å². The summed E-state index contributed by atoms with van der Waals surface area (Å²) >= 11 is 0. The summed E-state index contributed by atoms with van der Waals surface area (Å²) in [5.41, 5.74) is 7.32. The molecule has 1 aromatic carbocycles. The van der Waals surface area contributed by atoms with Crippen molar-refractivity contribution in [3.63, 3.8) is 0 Å². The Labute approximate surface area is 207 Å². The molecule has 8 nitrogen and oxygen atoms in total. The van der Waals surface area contributed by atoms with Gasteiger partial charge in [-0.3, -0.25) is 10.1 Å². The average molecular weight is 484 g/mol. The number of nitrogens with two attached hydrogens (primary N) is 1. The largest absolute Gasteiger partial charge is 0.492 e. The number of ether oxygens (including phenoxy) is 2. The summed E-state index contributed by atoms with van der Waals surface area (Å²) in [7, 11) is 0. The van der Waals surface area contributed by atoms with Crippen molar-refractivity contribution in [3.8, 4) is 16.9 Å². The molecule has 1 heterocycles. The van der Waals surface area contributed by atoms with E-state index in [9.17, 15) is 9.59 Å². The summed E-state index contributed by atoms with van der Waals surface area (Å²) in [6, 6.07) is 9.49. The predicted molar refractivity (Wildman–Crippen MR) is 136 cm³/mol. The number of anilines is 1. The number of nitrogens with zero attached hydrogens (tertiary/aromatic N) is 1. The van der Waals surface area contributed by atoms with Crippen LogP contribution in [0, 0.1) is 11.3 Å². The van der Waals surface area contributed by atoms with Crippen LogP contribution in [0.4, 0.5) is 10.6 Å². The molecule has 0 radical (unpaired) electrons. The van der Waals surface area contributed by atoms with Crippen molar-refractivity contribution in [2.45, 2.75) is 65.4 Å². The Bertz CT molecular complexity index is 1060. The molecule has 2 aromatic rings. The van der Waals surface area contributed by atoms with Crippen LogP contribution in [-0.4, -0.2) is 40.9 Å². The molecule has 2 unspecified atom stereocenters. The zero-order valence-electron chi connectivity index (χ0n) is 21.3. The van der Waals surface area contributed by atoms with Gasteiger partial charge in [-0.05, 0) is 106 Å². The van der Waals surface area contributed by atoms with E-state index in [1.54, 1.807) is 12.3 Å². The number of aromatic nitrogens is 1. The summed E-state index contributed by atoms with van der Waals surface area (Å²) < 4.78 is 12.0. The second-order valence-corrected chi connectivity index (χ2v) is 10.8. The molecule has 1 amide bonds. The Kier molecular flexibility index (Phi) is 8.05. The van der Waals surface area contributed by atoms with Gasteiger partial charge in [0.05, 0.1) is 5.41 Å². The number of carboxylic acid groups (broad SMARTS) is 1. The van der Waals surface area contributed by atoms with Crippen LogP contribution >= 0.6 is 0 Å². The summed E-state index contributed by atoms with van der Waals surface area (Å²) in [6.45, 7) is 10.1. The molecule has 0 aliphatic heterocycles. The first-order valence-corrected chi connectivity index (χ1v) is 12.1. The fourth-order valence-electron chi connectivity index (χ4n) is 4.05. The lowest BCUT2D eigenvalue weighted by Crippen LogP contribution is -2.41. The third-order valence-electron chi connectivity index (χ3n) is 5.99. The van der Waals surface area contributed by atoms with Gasteiger partial charge >= 0.3 is 12.1 Å². The summed E-state index contributed by atoms with van der Waals surface area (Å²) in [5.74, 6) is 1.28. The minimum absolute atomic E-state index is 0.140. The normalized spacial score (nSPS) is 16.2. The van der Waals surface area contributed by atoms with Gasteiger partial charge in [-0.15, -0.1) is 0 Å². The van der Waals surface area contributed by atoms with Crippen LogP contribution in [0.15, 0.2) is 36.5 Å². The van der Waals surface area contributed by atoms with E-state index >= 15 is 0 Å². The highest BCUT2D eigenvalue weighted by Gasteiger charge is 2.40. The van der Waals surface area contributed by atoms with Gasteiger partial charge in [-0.25, -0.2) is 9.78 Å². The molecule has 190 valence electrons. The third kappa shape index (κ3) is 7.42. The summed E-state index contributed by atoms with van der Waals surface area (Å²) in [5, 5.41) is 11.3. The molecule has 1 aromatic heterocycles. The van der Waals surface area contributed by atoms with Crippen molar-refractivity contribution in [1.29, 1.82) is 0 Å². The molecule has 35 heavy (non-hydrogen) atoms. The molecule has 8 heteroatoms. The maximum atomic E-state index is 13.1. The van der Waals surface area contributed by atoms with Crippen molar-refractivity contribution in [2.24, 2.45) is 17.1 Å². The zero-order chi connectivity index (χ0) is 25.8. The predicted octanol–water partition coefficient (Wildman–Crippen LogP) is 5.43. The van der Waals surface area contributed by atoms with E-state index in [1.807, 2.05) is 52.8 Å². The highest BCUT2D eigenvalue weighted by atomic mass is 16.6. The number of carbonyl (C=O) groups is 2. The Morgan fingerprint density at radius 2 is 1.86 bits per heavy atom. The van der Waals surface area contributed by atoms with Gasteiger partial charge < -0.3 is 20.3 Å². The first-order chi connectivity index (χ1) is 16.4. The lowest BCUT2D eigenvalue weighted by molar-refractivity contribution is -0.169. The minimum atomic E-state index is -1.16. The maximum absolute atomic E-state index is 13.1. The maximum Gasteiger partial charge on any atom is 0.410 e. The summed E-state index contributed by atoms with van der Waals surface area (Å²) in [4.78, 5) is 28.2. The van der Waals surface area contributed by atoms with Crippen molar-refractivity contribution >= 4 is 17.9 Å². The van der Waals surface area contributed by atoms with Gasteiger partial charge in [-0.2, -0.15) is 0 Å². The fraction of sp³-hybridized carbons (Fsp3) is 0.519. The van der Waals surface area contributed by atoms with E-state index in [0.29, 0.717) is 18.9 Å². The fourth-order valence-corrected chi connectivity index (χ4v) is 4.05. The SMILES string of the molecule is CC(CN)CC(C)(COc1ccc(-c2ccnc(NC(=O)O)c2)cc1C1CC1)C(=O)OC(C)(C)C. The number of nitrogens with one attached hydrogen (secondary N) is 1. The van der Waals surface area contributed by atoms with Crippen molar-refractivity contribution in [3.05, 3.63) is 42.1 Å². The van der Waals surface area contributed by atoms with Gasteiger partial charge in [0.2, 0.25) is 0 Å². The summed E-state index contributed by atoms with van der Waals surface area (Å²) in [6.07, 6.45) is 3.14. The molecule has 0 saturated heterocycles. The van der Waals surface area contributed by atoms with Crippen LogP contribution in [0.1, 0.15) is 65.4 Å². The second-order valence-electron chi connectivity index (χ2n) is 10.8. The first kappa shape index (κ1) is 26.5. The quantitative estimate of drug-likeness (QED) is 0.385. The first-order valence-electron chi connectivity index (χ1n) is 12.1. The standard InChI is InChI=1S/C27H37N3O5/c1-17(15-28)14-27(5,24(31)35-26(2,3)4)16-34-22-9-8-19(12-21(22)18-6-7-18)20-10-11-29-23(13-20)30-25(32)33/h8-13,17-18H,6-7,14-16,28H2,1-5H3,(H,29,30)(H,32,33). The van der Waals surface area contributed by atoms with Gasteiger partial charge in [0.25, 0.3) is 0 Å². The highest BCUT2D eigenvalue weighted by Crippen LogP contribution is 2.46. The lowest BCUT2D eigenvalue weighted by atomic mass is 9.82. The van der Waals surface area contributed by atoms with Gasteiger partial charge in [0.15, 0.2) is 0 Å². The van der Waals surface area contributed by atoms with Gasteiger partial charge in [-0.1, -0.05) is 13.0 Å². The van der Waals surface area contributed by atoms with Crippen LogP contribution in [0.25, 0.3) is 11.1 Å². The number of hydrogen-bond donors (Lipinski definition) is 3. The molecule has 1 aliphatic carbocycles. The van der Waals surface area contributed by atoms with E-state index in [-0.39, 0.29) is 24.3 Å². The number of esters is 1. The van der Waals surface area contributed by atoms with Crippen LogP contribution < -0.4 is 15.8 Å². The molecule has 0 bridgehead atoms. The van der Waals surface area contributed by atoms with E-state index in [1.165, 1.54) is 0 Å². The van der Waals surface area contributed by atoms with Crippen molar-refractivity contribution < 1.29 is 24.2 Å². The minimum Gasteiger partial charge on any atom is -0.492 e. The van der Waals surface area contributed by atoms with Gasteiger partial charge in [0.1, 0.15) is 23.8 Å². The monoisotopic (exact) mass is 483 g/mol. The molecule has 1 saturated carbocycles. The molecular weight excluding hydrogens is 446 g/mol. The average Bonchev–Trinajstić information content (AvgIpc) is 3.61. The molecule has 0 spiro atoms. The molecule has 1 aliphatic rings. The van der Waals surface area contributed by atoms with E-state index in [0.717, 1.165) is 35.3 Å². The lowest BCUT2D eigenvalue weighted by Gasteiger charge is -2.33. The number of pyridine rings is 1. The van der Waals surface area contributed by atoms with Gasteiger partial charge in [0, 0.05) is 6.20 Å². The number of rotatable bonds is 10. The molecule has 1 fully saturated rings. The van der Waals surface area contributed by atoms with E-state index < -0.39 is 17.1 Å².